The molecule has 1 saturated heterocycles. The van der Waals surface area contributed by atoms with Gasteiger partial charge in [0.05, 0.1) is 5.60 Å². The van der Waals surface area contributed by atoms with Crippen molar-refractivity contribution in [2.24, 2.45) is 17.3 Å². The Morgan fingerprint density at radius 1 is 1.05 bits per heavy atom. The summed E-state index contributed by atoms with van der Waals surface area (Å²) < 4.78 is 13.7. The summed E-state index contributed by atoms with van der Waals surface area (Å²) in [5, 5.41) is 23.8. The van der Waals surface area contributed by atoms with E-state index in [0.717, 1.165) is 44.6 Å². The van der Waals surface area contributed by atoms with E-state index in [0.29, 0.717) is 18.2 Å². The molecule has 7 atom stereocenters. The molecule has 0 radical (unpaired) electrons. The molecule has 0 unspecified atom stereocenters. The van der Waals surface area contributed by atoms with Crippen LogP contribution in [-0.2, 0) is 22.0 Å². The first-order chi connectivity index (χ1) is 19.1. The van der Waals surface area contributed by atoms with E-state index in [2.05, 4.69) is 62.1 Å². The summed E-state index contributed by atoms with van der Waals surface area (Å²) in [5.74, 6) is 1.74. The Bertz CT molecular complexity index is 1350. The second kappa shape index (κ2) is 8.05. The number of fused-ring (bicyclic) bond motifs is 2. The number of piperidine rings is 1. The van der Waals surface area contributed by atoms with E-state index in [1.54, 1.807) is 0 Å². The molecule has 2 spiro atoms. The number of hydrogen-bond donors (Lipinski definition) is 2. The van der Waals surface area contributed by atoms with E-state index >= 15 is 0 Å². The minimum atomic E-state index is -0.958. The summed E-state index contributed by atoms with van der Waals surface area (Å²) in [6.07, 6.45) is 8.15. The number of benzene rings is 2. The van der Waals surface area contributed by atoms with E-state index in [4.69, 9.17) is 9.47 Å². The van der Waals surface area contributed by atoms with Crippen molar-refractivity contribution >= 4 is 0 Å². The van der Waals surface area contributed by atoms with E-state index < -0.39 is 11.2 Å². The number of aromatic hydroxyl groups is 1. The van der Waals surface area contributed by atoms with Gasteiger partial charge in [0.15, 0.2) is 11.5 Å². The second-order valence-corrected chi connectivity index (χ2v) is 15.2. The molecule has 5 fully saturated rings. The van der Waals surface area contributed by atoms with Crippen molar-refractivity contribution in [1.82, 2.24) is 4.90 Å². The minimum Gasteiger partial charge on any atom is -0.504 e. The summed E-state index contributed by atoms with van der Waals surface area (Å²) in [5.41, 5.74) is 1.96. The van der Waals surface area contributed by atoms with Crippen LogP contribution in [0.15, 0.2) is 42.5 Å². The quantitative estimate of drug-likeness (QED) is 0.467. The maximum absolute atomic E-state index is 12.7. The fourth-order valence-electron chi connectivity index (χ4n) is 11.1. The zero-order valence-electron chi connectivity index (χ0n) is 24.6. The predicted molar refractivity (Wildman–Crippen MR) is 155 cm³/mol. The van der Waals surface area contributed by atoms with Gasteiger partial charge in [-0.3, -0.25) is 4.90 Å². The van der Waals surface area contributed by atoms with Gasteiger partial charge in [0.1, 0.15) is 11.7 Å². The van der Waals surface area contributed by atoms with Crippen molar-refractivity contribution in [1.29, 1.82) is 0 Å². The molecule has 4 saturated carbocycles. The first kappa shape index (κ1) is 25.6. The van der Waals surface area contributed by atoms with E-state index in [1.165, 1.54) is 36.1 Å². The third kappa shape index (κ3) is 3.05. The van der Waals surface area contributed by atoms with E-state index in [-0.39, 0.29) is 34.0 Å². The molecule has 4 bridgehead atoms. The molecule has 5 aliphatic carbocycles. The van der Waals surface area contributed by atoms with Crippen LogP contribution in [0, 0.1) is 17.3 Å². The fraction of sp³-hybridized carbons (Fsp3) is 0.657. The molecule has 0 aromatic heterocycles. The van der Waals surface area contributed by atoms with Gasteiger partial charge in [0.25, 0.3) is 0 Å². The minimum absolute atomic E-state index is 0.00266. The largest absolute Gasteiger partial charge is 0.504 e. The van der Waals surface area contributed by atoms with Crippen LogP contribution >= 0.6 is 0 Å². The molecule has 0 amide bonds. The Morgan fingerprint density at radius 3 is 2.55 bits per heavy atom. The van der Waals surface area contributed by atoms with Crippen LogP contribution in [-0.4, -0.2) is 58.7 Å². The molecule has 2 aliphatic heterocycles. The van der Waals surface area contributed by atoms with Gasteiger partial charge < -0.3 is 19.7 Å². The summed E-state index contributed by atoms with van der Waals surface area (Å²) in [4.78, 5) is 2.83. The zero-order valence-corrected chi connectivity index (χ0v) is 24.6. The monoisotopic (exact) mass is 543 g/mol. The highest BCUT2D eigenvalue weighted by Gasteiger charge is 2.82. The van der Waals surface area contributed by atoms with Crippen LogP contribution in [0.4, 0.5) is 0 Å². The fourth-order valence-corrected chi connectivity index (χ4v) is 11.1. The highest BCUT2D eigenvalue weighted by atomic mass is 16.6. The maximum atomic E-state index is 12.7. The number of hydrogen-bond acceptors (Lipinski definition) is 5. The highest BCUT2D eigenvalue weighted by molar-refractivity contribution is 5.63. The van der Waals surface area contributed by atoms with Gasteiger partial charge >= 0.3 is 0 Å². The molecule has 5 heteroatoms. The smallest absolute Gasteiger partial charge is 0.165 e. The number of ether oxygens (including phenoxy) is 2. The lowest BCUT2D eigenvalue weighted by Gasteiger charge is -2.75. The first-order valence-electron chi connectivity index (χ1n) is 15.7. The summed E-state index contributed by atoms with van der Waals surface area (Å²) in [7, 11) is 1.84. The lowest BCUT2D eigenvalue weighted by Crippen LogP contribution is -2.82. The summed E-state index contributed by atoms with van der Waals surface area (Å²) in [6.45, 7) is 8.87. The standard InChI is InChI=1S/C35H45NO4/c1-31(2,24-8-6-5-7-9-24)21-32(3,38)26-19-33-14-15-35(26,39-4)30-34(33)16-17-36(20-22-10-11-22)27(33)18-23-12-13-25(37)29(40-30)28(23)34/h5-9,12-13,22,26-27,30,37-38H,10-11,14-21H2,1-4H3/t26-,27-,30-,32-,33-,34+,35+/m1/s1. The van der Waals surface area contributed by atoms with Crippen molar-refractivity contribution in [3.05, 3.63) is 59.2 Å². The van der Waals surface area contributed by atoms with Gasteiger partial charge in [-0.2, -0.15) is 0 Å². The van der Waals surface area contributed by atoms with Crippen LogP contribution in [0.25, 0.3) is 0 Å². The predicted octanol–water partition coefficient (Wildman–Crippen LogP) is 5.74. The normalized spacial score (nSPS) is 39.0. The molecule has 2 aromatic rings. The highest BCUT2D eigenvalue weighted by Crippen LogP contribution is 2.77. The molecular formula is C35H45NO4. The number of likely N-dealkylation sites (tertiary alicyclic amines) is 1. The lowest BCUT2D eigenvalue weighted by molar-refractivity contribution is -0.303. The lowest BCUT2D eigenvalue weighted by atomic mass is 9.33. The zero-order chi connectivity index (χ0) is 27.7. The summed E-state index contributed by atoms with van der Waals surface area (Å²) in [6, 6.07) is 15.1. The second-order valence-electron chi connectivity index (χ2n) is 15.2. The molecule has 7 aliphatic rings. The third-order valence-electron chi connectivity index (χ3n) is 12.8. The Morgan fingerprint density at radius 2 is 1.82 bits per heavy atom. The Balaban J connectivity index is 1.27. The van der Waals surface area contributed by atoms with Gasteiger partial charge in [-0.25, -0.2) is 0 Å². The summed E-state index contributed by atoms with van der Waals surface area (Å²) >= 11 is 0. The number of rotatable bonds is 7. The molecule has 2 N–H and O–H groups in total. The number of methoxy groups -OCH3 is 1. The Kier molecular flexibility index (Phi) is 5.16. The molecular weight excluding hydrogens is 498 g/mol. The topological polar surface area (TPSA) is 62.2 Å². The Hall–Kier alpha value is -2.08. The third-order valence-corrected chi connectivity index (χ3v) is 12.8. The first-order valence-corrected chi connectivity index (χ1v) is 15.7. The van der Waals surface area contributed by atoms with Crippen LogP contribution < -0.4 is 4.74 Å². The van der Waals surface area contributed by atoms with Crippen molar-refractivity contribution in [2.75, 3.05) is 20.2 Å². The van der Waals surface area contributed by atoms with Crippen LogP contribution in [0.5, 0.6) is 11.5 Å². The molecule has 2 heterocycles. The molecule has 5 nitrogen and oxygen atoms in total. The van der Waals surface area contributed by atoms with Gasteiger partial charge in [-0.05, 0) is 93.4 Å². The van der Waals surface area contributed by atoms with Crippen molar-refractivity contribution in [2.45, 2.75) is 106 Å². The number of nitrogens with zero attached hydrogens (tertiary/aromatic N) is 1. The molecule has 40 heavy (non-hydrogen) atoms. The maximum Gasteiger partial charge on any atom is 0.165 e. The molecule has 214 valence electrons. The number of phenols is 1. The molecule has 2 aromatic carbocycles. The number of phenolic OH excluding ortho intramolecular Hbond substituents is 1. The van der Waals surface area contributed by atoms with Gasteiger partial charge in [-0.1, -0.05) is 50.2 Å². The van der Waals surface area contributed by atoms with Gasteiger partial charge in [-0.15, -0.1) is 0 Å². The van der Waals surface area contributed by atoms with Crippen molar-refractivity contribution in [3.63, 3.8) is 0 Å². The Labute approximate surface area is 238 Å². The van der Waals surface area contributed by atoms with Crippen LogP contribution in [0.3, 0.4) is 0 Å². The van der Waals surface area contributed by atoms with Crippen molar-refractivity contribution in [3.8, 4) is 11.5 Å². The van der Waals surface area contributed by atoms with Gasteiger partial charge in [0, 0.05) is 42.0 Å². The molecule has 9 rings (SSSR count). The number of aliphatic hydroxyl groups is 1. The van der Waals surface area contributed by atoms with Crippen molar-refractivity contribution < 1.29 is 19.7 Å². The van der Waals surface area contributed by atoms with Crippen LogP contribution in [0.2, 0.25) is 0 Å². The van der Waals surface area contributed by atoms with Gasteiger partial charge in [0.2, 0.25) is 0 Å². The average molecular weight is 544 g/mol. The average Bonchev–Trinajstić information content (AvgIpc) is 3.68. The van der Waals surface area contributed by atoms with E-state index in [9.17, 15) is 10.2 Å². The SMILES string of the molecule is CO[C@@]12CC[C@@]3(C[C@@H]1[C@](C)(O)CC(C)(C)c1ccccc1)[C@H]1Cc4ccc(O)c5c4[C@@]3(CCN1CC1CC1)[C@H]2O5. The van der Waals surface area contributed by atoms with E-state index in [1.807, 2.05) is 13.2 Å². The van der Waals surface area contributed by atoms with Crippen LogP contribution in [0.1, 0.15) is 82.4 Å².